The van der Waals surface area contributed by atoms with E-state index >= 15 is 0 Å². The van der Waals surface area contributed by atoms with Gasteiger partial charge in [-0.15, -0.1) is 0 Å². The first-order valence-corrected chi connectivity index (χ1v) is 15.1. The van der Waals surface area contributed by atoms with Crippen LogP contribution in [0.4, 0.5) is 5.69 Å². The number of aliphatic hydroxyl groups is 1. The van der Waals surface area contributed by atoms with Crippen molar-refractivity contribution in [2.75, 3.05) is 37.7 Å². The van der Waals surface area contributed by atoms with Gasteiger partial charge in [0, 0.05) is 43.9 Å². The highest BCUT2D eigenvalue weighted by molar-refractivity contribution is 6.30. The number of hydrogen-bond acceptors (Lipinski definition) is 6. The van der Waals surface area contributed by atoms with Gasteiger partial charge in [0.15, 0.2) is 0 Å². The molecule has 0 aromatic heterocycles. The Morgan fingerprint density at radius 3 is 2.44 bits per heavy atom. The van der Waals surface area contributed by atoms with Crippen LogP contribution >= 0.6 is 11.6 Å². The summed E-state index contributed by atoms with van der Waals surface area (Å²) in [6, 6.07) is 12.6. The highest BCUT2D eigenvalue weighted by Crippen LogP contribution is 2.39. The van der Waals surface area contributed by atoms with Crippen LogP contribution in [0.15, 0.2) is 42.5 Å². The van der Waals surface area contributed by atoms with Gasteiger partial charge >= 0.3 is 0 Å². The van der Waals surface area contributed by atoms with Crippen LogP contribution in [0.5, 0.6) is 0 Å². The number of hydrogen-bond donors (Lipinski definition) is 1. The normalized spacial score (nSPS) is 25.8. The van der Waals surface area contributed by atoms with Crippen molar-refractivity contribution in [1.82, 2.24) is 9.80 Å². The van der Waals surface area contributed by atoms with E-state index in [-0.39, 0.29) is 35.3 Å². The minimum absolute atomic E-state index is 0.0916. The summed E-state index contributed by atoms with van der Waals surface area (Å²) in [6.45, 7) is 6.70. The molecular formula is C32H38ClN3O5. The molecule has 8 nitrogen and oxygen atoms in total. The number of halogens is 1. The van der Waals surface area contributed by atoms with Gasteiger partial charge < -0.3 is 19.6 Å². The van der Waals surface area contributed by atoms with Crippen LogP contribution < -0.4 is 4.90 Å². The average molecular weight is 580 g/mol. The van der Waals surface area contributed by atoms with Crippen molar-refractivity contribution >= 4 is 35.0 Å². The van der Waals surface area contributed by atoms with Gasteiger partial charge in [-0.25, -0.2) is 0 Å². The molecule has 9 heteroatoms. The van der Waals surface area contributed by atoms with Gasteiger partial charge in [0.05, 0.1) is 33.9 Å². The molecule has 0 saturated carbocycles. The zero-order chi connectivity index (χ0) is 28.9. The van der Waals surface area contributed by atoms with E-state index in [0.717, 1.165) is 30.6 Å². The lowest BCUT2D eigenvalue weighted by molar-refractivity contribution is -0.140. The van der Waals surface area contributed by atoms with Crippen LogP contribution in [-0.4, -0.2) is 77.1 Å². The molecule has 41 heavy (non-hydrogen) atoms. The highest BCUT2D eigenvalue weighted by atomic mass is 35.5. The maximum absolute atomic E-state index is 13.8. The largest absolute Gasteiger partial charge is 0.385 e. The Morgan fingerprint density at radius 2 is 1.73 bits per heavy atom. The third-order valence-corrected chi connectivity index (χ3v) is 9.61. The number of piperidine rings is 2. The molecule has 3 fully saturated rings. The quantitative estimate of drug-likeness (QED) is 0.532. The van der Waals surface area contributed by atoms with Crippen molar-refractivity contribution in [3.8, 4) is 0 Å². The number of ether oxygens (including phenoxy) is 1. The number of amides is 3. The molecule has 0 spiro atoms. The van der Waals surface area contributed by atoms with E-state index in [1.165, 1.54) is 4.90 Å². The second-order valence-electron chi connectivity index (χ2n) is 12.6. The molecule has 3 saturated heterocycles. The number of carbonyl (C=O) groups is 3. The molecule has 218 valence electrons. The summed E-state index contributed by atoms with van der Waals surface area (Å²) in [5, 5.41) is 11.9. The predicted molar refractivity (Wildman–Crippen MR) is 156 cm³/mol. The minimum atomic E-state index is -0.969. The molecule has 1 N–H and O–H groups in total. The summed E-state index contributed by atoms with van der Waals surface area (Å²) in [4.78, 5) is 46.3. The number of rotatable bonds is 4. The van der Waals surface area contributed by atoms with Crippen LogP contribution in [0, 0.1) is 5.92 Å². The minimum Gasteiger partial charge on any atom is -0.385 e. The van der Waals surface area contributed by atoms with E-state index < -0.39 is 5.60 Å². The first kappa shape index (κ1) is 28.2. The Hall–Kier alpha value is -2.94. The van der Waals surface area contributed by atoms with Crippen molar-refractivity contribution in [2.45, 2.75) is 69.6 Å². The van der Waals surface area contributed by atoms with Crippen LogP contribution in [0.25, 0.3) is 0 Å². The predicted octanol–water partition coefficient (Wildman–Crippen LogP) is 4.62. The van der Waals surface area contributed by atoms with Crippen LogP contribution in [0.1, 0.15) is 78.7 Å². The summed E-state index contributed by atoms with van der Waals surface area (Å²) >= 11 is 6.02. The first-order valence-electron chi connectivity index (χ1n) is 14.7. The topological polar surface area (TPSA) is 90.4 Å². The van der Waals surface area contributed by atoms with Crippen LogP contribution in [0.3, 0.4) is 0 Å². The van der Waals surface area contributed by atoms with Crippen molar-refractivity contribution in [3.63, 3.8) is 0 Å². The van der Waals surface area contributed by atoms with Gasteiger partial charge in [0.2, 0.25) is 5.91 Å². The monoisotopic (exact) mass is 579 g/mol. The van der Waals surface area contributed by atoms with Gasteiger partial charge in [0.1, 0.15) is 0 Å². The Balaban J connectivity index is 1.15. The third-order valence-electron chi connectivity index (χ3n) is 9.36. The Morgan fingerprint density at radius 1 is 1.00 bits per heavy atom. The zero-order valence-electron chi connectivity index (χ0n) is 23.8. The Kier molecular flexibility index (Phi) is 7.37. The number of benzene rings is 2. The number of fused-ring (bicyclic) bond motifs is 1. The Bertz CT molecular complexity index is 1350. The summed E-state index contributed by atoms with van der Waals surface area (Å²) in [6.07, 6.45) is 3.78. The van der Waals surface area contributed by atoms with Gasteiger partial charge in [0.25, 0.3) is 11.8 Å². The van der Waals surface area contributed by atoms with Gasteiger partial charge in [-0.2, -0.15) is 0 Å². The molecule has 0 radical (unpaired) electrons. The highest BCUT2D eigenvalue weighted by Gasteiger charge is 2.45. The summed E-state index contributed by atoms with van der Waals surface area (Å²) in [5.41, 5.74) is 1.11. The maximum Gasteiger partial charge on any atom is 0.263 e. The molecular weight excluding hydrogens is 542 g/mol. The van der Waals surface area contributed by atoms with Crippen molar-refractivity contribution in [1.29, 1.82) is 0 Å². The number of imide groups is 1. The number of anilines is 1. The summed E-state index contributed by atoms with van der Waals surface area (Å²) < 4.78 is 5.83. The van der Waals surface area contributed by atoms with E-state index in [9.17, 15) is 19.5 Å². The van der Waals surface area contributed by atoms with Gasteiger partial charge in [-0.3, -0.25) is 19.3 Å². The molecule has 4 aliphatic heterocycles. The second kappa shape index (κ2) is 10.7. The standard InChI is InChI=1S/C32H38ClN3O5/c1-31(2)19-24(12-18-41-31)36-29(38)25-6-3-7-26(27(25)30(36)39)35-15-4-5-21(20-35)28(37)34-16-13-32(40,14-17-34)22-8-10-23(33)11-9-22/h3,6-11,21,24,40H,4-5,12-20H2,1-2H3/t21-,24+/m0/s1. The number of likely N-dealkylation sites (tertiary alicyclic amines) is 1. The van der Waals surface area contributed by atoms with E-state index in [2.05, 4.69) is 4.90 Å². The molecule has 3 amide bonds. The van der Waals surface area contributed by atoms with E-state index in [1.807, 2.05) is 43.0 Å². The molecule has 0 aliphatic carbocycles. The number of nitrogens with zero attached hydrogens (tertiary/aromatic N) is 3. The van der Waals surface area contributed by atoms with Crippen LogP contribution in [-0.2, 0) is 15.1 Å². The number of carbonyl (C=O) groups excluding carboxylic acids is 3. The van der Waals surface area contributed by atoms with Gasteiger partial charge in [-0.05, 0) is 82.2 Å². The third kappa shape index (κ3) is 5.26. The second-order valence-corrected chi connectivity index (χ2v) is 13.0. The van der Waals surface area contributed by atoms with E-state index in [1.54, 1.807) is 18.2 Å². The average Bonchev–Trinajstić information content (AvgIpc) is 3.22. The van der Waals surface area contributed by atoms with E-state index in [4.69, 9.17) is 16.3 Å². The van der Waals surface area contributed by atoms with Crippen molar-refractivity contribution in [2.24, 2.45) is 5.92 Å². The zero-order valence-corrected chi connectivity index (χ0v) is 24.5. The lowest BCUT2D eigenvalue weighted by Gasteiger charge is -2.41. The van der Waals surface area contributed by atoms with Crippen molar-refractivity contribution in [3.05, 3.63) is 64.2 Å². The molecule has 4 aliphatic rings. The molecule has 6 rings (SSSR count). The maximum atomic E-state index is 13.8. The smallest absolute Gasteiger partial charge is 0.263 e. The summed E-state index contributed by atoms with van der Waals surface area (Å²) in [5.74, 6) is -0.593. The van der Waals surface area contributed by atoms with Crippen LogP contribution in [0.2, 0.25) is 5.02 Å². The molecule has 0 unspecified atom stereocenters. The fourth-order valence-corrected chi connectivity index (χ4v) is 7.23. The first-order chi connectivity index (χ1) is 19.6. The fourth-order valence-electron chi connectivity index (χ4n) is 7.10. The Labute approximate surface area is 246 Å². The molecule has 2 aromatic rings. The van der Waals surface area contributed by atoms with E-state index in [0.29, 0.717) is 68.1 Å². The fraction of sp³-hybridized carbons (Fsp3) is 0.531. The molecule has 2 aromatic carbocycles. The summed E-state index contributed by atoms with van der Waals surface area (Å²) in [7, 11) is 0. The molecule has 4 heterocycles. The lowest BCUT2D eigenvalue weighted by atomic mass is 9.84. The molecule has 0 bridgehead atoms. The SMILES string of the molecule is CC1(C)C[C@H](N2C(=O)c3cccc(N4CCC[C@H](C(=O)N5CCC(O)(c6ccc(Cl)cc6)CC5)C4)c3C2=O)CCO1. The van der Waals surface area contributed by atoms with Crippen molar-refractivity contribution < 1.29 is 24.2 Å². The van der Waals surface area contributed by atoms with Gasteiger partial charge in [-0.1, -0.05) is 29.8 Å². The molecule has 2 atom stereocenters. The lowest BCUT2D eigenvalue weighted by Crippen LogP contribution is -2.50.